The molecule has 1 aliphatic carbocycles. The van der Waals surface area contributed by atoms with E-state index in [4.69, 9.17) is 4.52 Å². The highest BCUT2D eigenvalue weighted by Gasteiger charge is 2.41. The van der Waals surface area contributed by atoms with Crippen molar-refractivity contribution in [3.05, 3.63) is 48.2 Å². The summed E-state index contributed by atoms with van der Waals surface area (Å²) in [5.74, 6) is 0.478. The summed E-state index contributed by atoms with van der Waals surface area (Å²) in [5, 5.41) is 8.17. The van der Waals surface area contributed by atoms with E-state index >= 15 is 0 Å². The zero-order chi connectivity index (χ0) is 15.9. The highest BCUT2D eigenvalue weighted by molar-refractivity contribution is 5.98. The number of nitrogens with one attached hydrogen (secondary N) is 1. The minimum atomic E-state index is -0.504. The van der Waals surface area contributed by atoms with Gasteiger partial charge in [0.15, 0.2) is 5.82 Å². The predicted molar refractivity (Wildman–Crippen MR) is 84.8 cm³/mol. The minimum Gasteiger partial charge on any atom is -0.351 e. The van der Waals surface area contributed by atoms with Gasteiger partial charge in [-0.2, -0.15) is 4.98 Å². The van der Waals surface area contributed by atoms with E-state index in [9.17, 15) is 4.79 Å². The molecule has 0 radical (unpaired) electrons. The summed E-state index contributed by atoms with van der Waals surface area (Å²) in [6, 6.07) is 7.76. The molecule has 1 aliphatic rings. The van der Waals surface area contributed by atoms with E-state index in [0.29, 0.717) is 11.4 Å². The van der Waals surface area contributed by atoms with Crippen LogP contribution < -0.4 is 5.32 Å². The Labute approximate surface area is 133 Å². The Balaban J connectivity index is 1.65. The smallest absolute Gasteiger partial charge is 0.252 e. The van der Waals surface area contributed by atoms with Crippen LogP contribution in [0.5, 0.6) is 0 Å². The Morgan fingerprint density at radius 1 is 1.30 bits per heavy atom. The van der Waals surface area contributed by atoms with Gasteiger partial charge in [0.25, 0.3) is 5.91 Å². The number of benzene rings is 1. The molecule has 23 heavy (non-hydrogen) atoms. The first-order valence-corrected chi connectivity index (χ1v) is 7.82. The van der Waals surface area contributed by atoms with Gasteiger partial charge in [0, 0.05) is 29.7 Å². The topological polar surface area (TPSA) is 73.0 Å². The van der Waals surface area contributed by atoms with Gasteiger partial charge in [0.1, 0.15) is 5.54 Å². The Bertz CT molecular complexity index is 845. The van der Waals surface area contributed by atoms with Crippen molar-refractivity contribution in [1.29, 1.82) is 0 Å². The van der Waals surface area contributed by atoms with Crippen molar-refractivity contribution in [2.75, 3.05) is 0 Å². The van der Waals surface area contributed by atoms with Crippen molar-refractivity contribution >= 4 is 16.8 Å². The summed E-state index contributed by atoms with van der Waals surface area (Å²) < 4.78 is 6.92. The van der Waals surface area contributed by atoms with Crippen molar-refractivity contribution in [2.24, 2.45) is 7.05 Å². The van der Waals surface area contributed by atoms with E-state index in [1.165, 1.54) is 6.39 Å². The fourth-order valence-electron chi connectivity index (χ4n) is 3.48. The number of hydrogen-bond acceptors (Lipinski definition) is 4. The lowest BCUT2D eigenvalue weighted by Gasteiger charge is -2.26. The third kappa shape index (κ3) is 2.30. The van der Waals surface area contributed by atoms with E-state index in [2.05, 4.69) is 15.5 Å². The number of hydrogen-bond donors (Lipinski definition) is 1. The van der Waals surface area contributed by atoms with Crippen molar-refractivity contribution in [2.45, 2.75) is 31.2 Å². The van der Waals surface area contributed by atoms with E-state index in [1.807, 2.05) is 42.1 Å². The van der Waals surface area contributed by atoms with Gasteiger partial charge >= 0.3 is 0 Å². The van der Waals surface area contributed by atoms with Crippen LogP contribution in [0.3, 0.4) is 0 Å². The molecule has 1 saturated carbocycles. The highest BCUT2D eigenvalue weighted by atomic mass is 16.5. The maximum Gasteiger partial charge on any atom is 0.252 e. The first-order chi connectivity index (χ1) is 11.2. The van der Waals surface area contributed by atoms with Gasteiger partial charge < -0.3 is 14.4 Å². The standard InChI is InChI=1S/C17H18N4O2/c1-21-9-6-12-10-13(4-5-14(12)21)15(22)19-17(7-2-3-8-17)16-18-11-23-20-16/h4-6,9-11H,2-3,7-8H2,1H3,(H,19,22). The van der Waals surface area contributed by atoms with Gasteiger partial charge in [0.2, 0.25) is 6.39 Å². The Hall–Kier alpha value is -2.63. The molecule has 1 aromatic carbocycles. The average molecular weight is 310 g/mol. The molecule has 1 amide bonds. The lowest BCUT2D eigenvalue weighted by Crippen LogP contribution is -2.44. The van der Waals surface area contributed by atoms with Crippen LogP contribution in [0.4, 0.5) is 0 Å². The van der Waals surface area contributed by atoms with Crippen LogP contribution in [0.2, 0.25) is 0 Å². The van der Waals surface area contributed by atoms with Gasteiger partial charge in [0.05, 0.1) is 0 Å². The number of aryl methyl sites for hydroxylation is 1. The van der Waals surface area contributed by atoms with Crippen molar-refractivity contribution < 1.29 is 9.32 Å². The first kappa shape index (κ1) is 14.0. The minimum absolute atomic E-state index is 0.0950. The first-order valence-electron chi connectivity index (χ1n) is 7.82. The Morgan fingerprint density at radius 2 is 2.13 bits per heavy atom. The summed E-state index contributed by atoms with van der Waals surface area (Å²) in [5.41, 5.74) is 1.25. The van der Waals surface area contributed by atoms with Gasteiger partial charge in [-0.25, -0.2) is 0 Å². The molecular formula is C17H18N4O2. The maximum absolute atomic E-state index is 12.7. The fourth-order valence-corrected chi connectivity index (χ4v) is 3.48. The molecule has 1 fully saturated rings. The molecule has 1 N–H and O–H groups in total. The predicted octanol–water partition coefficient (Wildman–Crippen LogP) is 2.76. The lowest BCUT2D eigenvalue weighted by molar-refractivity contribution is 0.0892. The van der Waals surface area contributed by atoms with E-state index in [1.54, 1.807) is 0 Å². The van der Waals surface area contributed by atoms with Gasteiger partial charge in [-0.1, -0.05) is 18.0 Å². The Morgan fingerprint density at radius 3 is 2.87 bits per heavy atom. The molecule has 0 unspecified atom stereocenters. The molecule has 118 valence electrons. The number of rotatable bonds is 3. The molecular weight excluding hydrogens is 292 g/mol. The maximum atomic E-state index is 12.7. The summed E-state index contributed by atoms with van der Waals surface area (Å²) in [6.45, 7) is 0. The second-order valence-electron chi connectivity index (χ2n) is 6.20. The monoisotopic (exact) mass is 310 g/mol. The number of carbonyl (C=O) groups is 1. The third-order valence-electron chi connectivity index (χ3n) is 4.75. The van der Waals surface area contributed by atoms with Crippen molar-refractivity contribution in [3.63, 3.8) is 0 Å². The average Bonchev–Trinajstić information content (AvgIpc) is 3.28. The summed E-state index contributed by atoms with van der Waals surface area (Å²) in [7, 11) is 1.99. The lowest BCUT2D eigenvalue weighted by atomic mass is 9.96. The van der Waals surface area contributed by atoms with Gasteiger partial charge in [-0.3, -0.25) is 4.79 Å². The second kappa shape index (κ2) is 5.22. The van der Waals surface area contributed by atoms with Crippen LogP contribution >= 0.6 is 0 Å². The normalized spacial score (nSPS) is 16.7. The number of carbonyl (C=O) groups excluding carboxylic acids is 1. The highest BCUT2D eigenvalue weighted by Crippen LogP contribution is 2.37. The molecule has 0 saturated heterocycles. The van der Waals surface area contributed by atoms with Crippen LogP contribution in [-0.2, 0) is 12.6 Å². The number of amides is 1. The summed E-state index contributed by atoms with van der Waals surface area (Å²) in [6.07, 6.45) is 7.08. The summed E-state index contributed by atoms with van der Waals surface area (Å²) >= 11 is 0. The number of aromatic nitrogens is 3. The third-order valence-corrected chi connectivity index (χ3v) is 4.75. The van der Waals surface area contributed by atoms with Crippen molar-refractivity contribution in [1.82, 2.24) is 20.0 Å². The van der Waals surface area contributed by atoms with E-state index in [0.717, 1.165) is 36.6 Å². The molecule has 0 bridgehead atoms. The molecule has 2 aromatic heterocycles. The number of nitrogens with zero attached hydrogens (tertiary/aromatic N) is 3. The van der Waals surface area contributed by atoms with Crippen LogP contribution in [-0.4, -0.2) is 20.6 Å². The molecule has 0 aliphatic heterocycles. The SMILES string of the molecule is Cn1ccc2cc(C(=O)NC3(c4ncon4)CCCC3)ccc21. The van der Waals surface area contributed by atoms with Crippen molar-refractivity contribution in [3.8, 4) is 0 Å². The van der Waals surface area contributed by atoms with Crippen LogP contribution in [0.25, 0.3) is 10.9 Å². The molecule has 0 spiro atoms. The zero-order valence-electron chi connectivity index (χ0n) is 13.0. The summed E-state index contributed by atoms with van der Waals surface area (Å²) in [4.78, 5) is 16.9. The Kier molecular flexibility index (Phi) is 3.18. The quantitative estimate of drug-likeness (QED) is 0.807. The zero-order valence-corrected chi connectivity index (χ0v) is 13.0. The van der Waals surface area contributed by atoms with Crippen LogP contribution in [0.15, 0.2) is 41.4 Å². The van der Waals surface area contributed by atoms with Gasteiger partial charge in [-0.05, 0) is 37.1 Å². The van der Waals surface area contributed by atoms with E-state index in [-0.39, 0.29) is 5.91 Å². The molecule has 0 atom stereocenters. The molecule has 4 rings (SSSR count). The fraction of sp³-hybridized carbons (Fsp3) is 0.353. The van der Waals surface area contributed by atoms with Crippen LogP contribution in [0.1, 0.15) is 41.9 Å². The van der Waals surface area contributed by atoms with Crippen LogP contribution in [0, 0.1) is 0 Å². The molecule has 2 heterocycles. The number of fused-ring (bicyclic) bond motifs is 1. The van der Waals surface area contributed by atoms with E-state index < -0.39 is 5.54 Å². The molecule has 6 heteroatoms. The second-order valence-corrected chi connectivity index (χ2v) is 6.20. The largest absolute Gasteiger partial charge is 0.351 e. The molecule has 6 nitrogen and oxygen atoms in total. The van der Waals surface area contributed by atoms with Gasteiger partial charge in [-0.15, -0.1) is 0 Å². The molecule has 3 aromatic rings.